The summed E-state index contributed by atoms with van der Waals surface area (Å²) in [6.45, 7) is 1.83. The number of carbonyl (C=O) groups excluding carboxylic acids is 3. The number of nitrogens with two attached hydrogens (primary N) is 1. The molecule has 0 aliphatic carbocycles. The van der Waals surface area contributed by atoms with E-state index in [-0.39, 0.29) is 18.7 Å². The molecule has 4 rings (SSSR count). The highest BCUT2D eigenvalue weighted by Crippen LogP contribution is 2.49. The first-order valence-corrected chi connectivity index (χ1v) is 10.7. The number of hydrogen-bond acceptors (Lipinski definition) is 5. The molecule has 0 bridgehead atoms. The van der Waals surface area contributed by atoms with Gasteiger partial charge in [-0.25, -0.2) is 0 Å². The molecular weight excluding hydrogens is 455 g/mol. The van der Waals surface area contributed by atoms with Crippen LogP contribution >= 0.6 is 23.2 Å². The Balaban J connectivity index is 1.78. The molecule has 2 aromatic carbocycles. The summed E-state index contributed by atoms with van der Waals surface area (Å²) in [6, 6.07) is 7.78. The average molecular weight is 477 g/mol. The average Bonchev–Trinajstić information content (AvgIpc) is 3.21. The standard InChI is InChI=1S/C22H22Cl2N4O4/c1-10-5-12(24)6-14-19(10)27-21(31)22(14)15(8-13(28-22)9-18(25)29)20(30)26-16-7-11(23)3-4-17(16)32-2/h3-7,13,15,28H,8-9H2,1-2H3,(H2,25,29)(H,26,30)(H,27,31)/t13-,15-,22-/m1/s1. The number of carbonyl (C=O) groups is 3. The van der Waals surface area contributed by atoms with E-state index in [1.54, 1.807) is 30.3 Å². The first-order chi connectivity index (χ1) is 15.1. The van der Waals surface area contributed by atoms with E-state index in [9.17, 15) is 14.4 Å². The first kappa shape index (κ1) is 22.4. The van der Waals surface area contributed by atoms with Crippen molar-refractivity contribution in [2.24, 2.45) is 11.7 Å². The summed E-state index contributed by atoms with van der Waals surface area (Å²) in [6.07, 6.45) is 0.199. The molecular formula is C22H22Cl2N4O4. The van der Waals surface area contributed by atoms with E-state index < -0.39 is 29.3 Å². The maximum Gasteiger partial charge on any atom is 0.250 e. The number of anilines is 2. The smallest absolute Gasteiger partial charge is 0.250 e. The number of primary amides is 1. The van der Waals surface area contributed by atoms with E-state index in [1.807, 2.05) is 6.92 Å². The van der Waals surface area contributed by atoms with Crippen molar-refractivity contribution >= 4 is 52.3 Å². The molecule has 0 radical (unpaired) electrons. The minimum absolute atomic E-state index is 0.0197. The van der Waals surface area contributed by atoms with Gasteiger partial charge < -0.3 is 21.1 Å². The summed E-state index contributed by atoms with van der Waals surface area (Å²) < 4.78 is 5.32. The molecule has 10 heteroatoms. The third-order valence-electron chi connectivity index (χ3n) is 5.98. The van der Waals surface area contributed by atoms with Crippen LogP contribution in [0.4, 0.5) is 11.4 Å². The molecule has 1 fully saturated rings. The van der Waals surface area contributed by atoms with Crippen molar-refractivity contribution in [3.63, 3.8) is 0 Å². The van der Waals surface area contributed by atoms with Crippen LogP contribution in [-0.2, 0) is 19.9 Å². The highest BCUT2D eigenvalue weighted by Gasteiger charge is 2.60. The monoisotopic (exact) mass is 476 g/mol. The number of fused-ring (bicyclic) bond motifs is 2. The molecule has 2 aromatic rings. The lowest BCUT2D eigenvalue weighted by Gasteiger charge is -2.29. The molecule has 3 atom stereocenters. The van der Waals surface area contributed by atoms with Crippen molar-refractivity contribution in [2.75, 3.05) is 17.7 Å². The Morgan fingerprint density at radius 3 is 2.69 bits per heavy atom. The highest BCUT2D eigenvalue weighted by atomic mass is 35.5. The topological polar surface area (TPSA) is 123 Å². The zero-order valence-electron chi connectivity index (χ0n) is 17.4. The molecule has 2 aliphatic rings. The van der Waals surface area contributed by atoms with E-state index in [2.05, 4.69) is 16.0 Å². The quantitative estimate of drug-likeness (QED) is 0.528. The number of hydrogen-bond donors (Lipinski definition) is 4. The molecule has 32 heavy (non-hydrogen) atoms. The number of benzene rings is 2. The molecule has 3 amide bonds. The molecule has 0 aromatic heterocycles. The molecule has 1 saturated heterocycles. The minimum atomic E-state index is -1.40. The summed E-state index contributed by atoms with van der Waals surface area (Å²) in [5, 5.41) is 9.79. The lowest BCUT2D eigenvalue weighted by atomic mass is 9.79. The summed E-state index contributed by atoms with van der Waals surface area (Å²) in [5.41, 5.74) is 6.32. The van der Waals surface area contributed by atoms with Crippen LogP contribution in [0.3, 0.4) is 0 Å². The number of amides is 3. The van der Waals surface area contributed by atoms with E-state index in [1.165, 1.54) is 7.11 Å². The fraction of sp³-hybridized carbons (Fsp3) is 0.318. The van der Waals surface area contributed by atoms with Crippen LogP contribution in [0, 0.1) is 12.8 Å². The van der Waals surface area contributed by atoms with Crippen molar-refractivity contribution in [3.8, 4) is 5.75 Å². The second kappa shape index (κ2) is 8.27. The van der Waals surface area contributed by atoms with Crippen LogP contribution in [-0.4, -0.2) is 30.9 Å². The largest absolute Gasteiger partial charge is 0.495 e. The van der Waals surface area contributed by atoms with Gasteiger partial charge in [-0.1, -0.05) is 23.2 Å². The van der Waals surface area contributed by atoms with Gasteiger partial charge in [0.05, 0.1) is 18.7 Å². The van der Waals surface area contributed by atoms with Crippen molar-refractivity contribution in [3.05, 3.63) is 51.5 Å². The lowest BCUT2D eigenvalue weighted by molar-refractivity contribution is -0.130. The molecule has 2 aliphatic heterocycles. The van der Waals surface area contributed by atoms with Gasteiger partial charge in [-0.2, -0.15) is 0 Å². The third kappa shape index (κ3) is 3.68. The van der Waals surface area contributed by atoms with Crippen LogP contribution in [0.15, 0.2) is 30.3 Å². The van der Waals surface area contributed by atoms with Crippen molar-refractivity contribution < 1.29 is 19.1 Å². The molecule has 0 unspecified atom stereocenters. The van der Waals surface area contributed by atoms with Crippen molar-refractivity contribution in [2.45, 2.75) is 31.3 Å². The zero-order valence-corrected chi connectivity index (χ0v) is 18.9. The van der Waals surface area contributed by atoms with E-state index in [4.69, 9.17) is 33.7 Å². The first-order valence-electron chi connectivity index (χ1n) is 9.98. The number of methoxy groups -OCH3 is 1. The number of ether oxygens (including phenoxy) is 1. The maximum absolute atomic E-state index is 13.5. The minimum Gasteiger partial charge on any atom is -0.495 e. The van der Waals surface area contributed by atoms with Crippen LogP contribution in [0.2, 0.25) is 10.0 Å². The highest BCUT2D eigenvalue weighted by molar-refractivity contribution is 6.31. The molecule has 5 N–H and O–H groups in total. The van der Waals surface area contributed by atoms with Gasteiger partial charge in [-0.15, -0.1) is 0 Å². The number of halogens is 2. The van der Waals surface area contributed by atoms with Crippen LogP contribution in [0.5, 0.6) is 5.75 Å². The summed E-state index contributed by atoms with van der Waals surface area (Å²) in [7, 11) is 1.48. The van der Waals surface area contributed by atoms with Crippen molar-refractivity contribution in [1.82, 2.24) is 5.32 Å². The Morgan fingerprint density at radius 2 is 2.00 bits per heavy atom. The van der Waals surface area contributed by atoms with Gasteiger partial charge in [0.2, 0.25) is 17.7 Å². The molecule has 0 saturated carbocycles. The lowest BCUT2D eigenvalue weighted by Crippen LogP contribution is -2.52. The Labute approximate surface area is 194 Å². The van der Waals surface area contributed by atoms with E-state index >= 15 is 0 Å². The van der Waals surface area contributed by atoms with Crippen LogP contribution in [0.25, 0.3) is 0 Å². The fourth-order valence-corrected chi connectivity index (χ4v) is 5.11. The SMILES string of the molecule is COc1ccc(Cl)cc1NC(=O)[C@H]1C[C@H](CC(N)=O)N[C@@]12C(=O)Nc1c(C)cc(Cl)cc12. The summed E-state index contributed by atoms with van der Waals surface area (Å²) in [5.74, 6) is -1.77. The zero-order chi connectivity index (χ0) is 23.2. The van der Waals surface area contributed by atoms with Crippen LogP contribution < -0.4 is 26.4 Å². The molecule has 8 nitrogen and oxygen atoms in total. The second-order valence-corrected chi connectivity index (χ2v) is 8.91. The van der Waals surface area contributed by atoms with Crippen LogP contribution in [0.1, 0.15) is 24.0 Å². The van der Waals surface area contributed by atoms with Gasteiger partial charge in [-0.3, -0.25) is 19.7 Å². The summed E-state index contributed by atoms with van der Waals surface area (Å²) >= 11 is 12.4. The van der Waals surface area contributed by atoms with E-state index in [0.29, 0.717) is 32.7 Å². The molecule has 1 spiro atoms. The van der Waals surface area contributed by atoms with Gasteiger partial charge >= 0.3 is 0 Å². The van der Waals surface area contributed by atoms with E-state index in [0.717, 1.165) is 5.56 Å². The summed E-state index contributed by atoms with van der Waals surface area (Å²) in [4.78, 5) is 38.5. The third-order valence-corrected chi connectivity index (χ3v) is 6.43. The van der Waals surface area contributed by atoms with Gasteiger partial charge in [0.25, 0.3) is 0 Å². The van der Waals surface area contributed by atoms with Gasteiger partial charge in [0, 0.05) is 33.8 Å². The number of rotatable bonds is 5. The predicted molar refractivity (Wildman–Crippen MR) is 122 cm³/mol. The van der Waals surface area contributed by atoms with Gasteiger partial charge in [0.15, 0.2) is 0 Å². The predicted octanol–water partition coefficient (Wildman–Crippen LogP) is 2.95. The number of aryl methyl sites for hydroxylation is 1. The van der Waals surface area contributed by atoms with Crippen molar-refractivity contribution in [1.29, 1.82) is 0 Å². The van der Waals surface area contributed by atoms with Gasteiger partial charge in [-0.05, 0) is 49.2 Å². The van der Waals surface area contributed by atoms with Gasteiger partial charge in [0.1, 0.15) is 11.3 Å². The Kier molecular flexibility index (Phi) is 5.79. The Morgan fingerprint density at radius 1 is 1.25 bits per heavy atom. The number of nitrogens with one attached hydrogen (secondary N) is 3. The Hall–Kier alpha value is -2.81. The molecule has 168 valence electrons. The second-order valence-electron chi connectivity index (χ2n) is 8.04. The Bertz CT molecular complexity index is 1140. The normalized spacial score (nSPS) is 23.7. The maximum atomic E-state index is 13.5. The fourth-order valence-electron chi connectivity index (χ4n) is 4.67. The molecule has 2 heterocycles.